The number of nitrogens with two attached hydrogens (primary N) is 1. The van der Waals surface area contributed by atoms with Gasteiger partial charge in [-0.05, 0) is 38.0 Å². The van der Waals surface area contributed by atoms with E-state index in [-0.39, 0.29) is 28.6 Å². The molecule has 0 spiro atoms. The van der Waals surface area contributed by atoms with E-state index in [4.69, 9.17) is 17.3 Å². The molecule has 2 rings (SSSR count). The van der Waals surface area contributed by atoms with Crippen LogP contribution in [0.4, 0.5) is 4.39 Å². The van der Waals surface area contributed by atoms with Crippen LogP contribution in [0.3, 0.4) is 0 Å². The molecule has 1 saturated heterocycles. The number of nitrogens with zero attached hydrogens (tertiary/aromatic N) is 1. The van der Waals surface area contributed by atoms with Crippen LogP contribution in [0.25, 0.3) is 0 Å². The third-order valence-corrected chi connectivity index (χ3v) is 3.57. The van der Waals surface area contributed by atoms with Crippen molar-refractivity contribution < 1.29 is 9.18 Å². The summed E-state index contributed by atoms with van der Waals surface area (Å²) in [6.45, 7) is 2.51. The number of carbonyl (C=O) groups is 1. The number of hydrogen-bond donors (Lipinski definition) is 1. The molecule has 1 aliphatic rings. The second-order valence-electron chi connectivity index (χ2n) is 4.76. The quantitative estimate of drug-likeness (QED) is 0.852. The molecule has 0 saturated carbocycles. The first-order valence-electron chi connectivity index (χ1n) is 6.00. The molecular formula is C13H16ClFN2O. The van der Waals surface area contributed by atoms with Crippen LogP contribution in [0.15, 0.2) is 18.2 Å². The predicted molar refractivity (Wildman–Crippen MR) is 69.1 cm³/mol. The van der Waals surface area contributed by atoms with Crippen LogP contribution in [-0.2, 0) is 0 Å². The minimum Gasteiger partial charge on any atom is -0.336 e. The molecule has 0 aromatic heterocycles. The maximum atomic E-state index is 13.7. The number of benzene rings is 1. The lowest BCUT2D eigenvalue weighted by Gasteiger charge is -2.36. The summed E-state index contributed by atoms with van der Waals surface area (Å²) < 4.78 is 13.7. The van der Waals surface area contributed by atoms with Gasteiger partial charge in [0.05, 0.1) is 5.56 Å². The Morgan fingerprint density at radius 3 is 2.89 bits per heavy atom. The summed E-state index contributed by atoms with van der Waals surface area (Å²) >= 11 is 5.67. The van der Waals surface area contributed by atoms with Crippen molar-refractivity contribution in [1.29, 1.82) is 0 Å². The highest BCUT2D eigenvalue weighted by atomic mass is 35.5. The van der Waals surface area contributed by atoms with Crippen molar-refractivity contribution in [3.8, 4) is 0 Å². The lowest BCUT2D eigenvalue weighted by Crippen LogP contribution is -2.48. The highest BCUT2D eigenvalue weighted by molar-refractivity contribution is 6.30. The SMILES string of the molecule is C[C@H]1C[C@H](N)CCN1C(=O)c1ccc(Cl)cc1F. The molecule has 1 heterocycles. The van der Waals surface area contributed by atoms with Crippen molar-refractivity contribution in [2.45, 2.75) is 31.8 Å². The molecule has 0 bridgehead atoms. The van der Waals surface area contributed by atoms with Gasteiger partial charge < -0.3 is 10.6 Å². The Morgan fingerprint density at radius 2 is 2.28 bits per heavy atom. The van der Waals surface area contributed by atoms with Gasteiger partial charge in [0.15, 0.2) is 0 Å². The molecule has 1 aromatic carbocycles. The number of hydrogen-bond acceptors (Lipinski definition) is 2. The van der Waals surface area contributed by atoms with Gasteiger partial charge in [-0.15, -0.1) is 0 Å². The Bertz CT molecular complexity index is 466. The molecule has 5 heteroatoms. The Balaban J connectivity index is 2.20. The third kappa shape index (κ3) is 2.65. The lowest BCUT2D eigenvalue weighted by atomic mass is 9.98. The van der Waals surface area contributed by atoms with E-state index in [1.807, 2.05) is 6.92 Å². The Kier molecular flexibility index (Phi) is 3.88. The Hall–Kier alpha value is -1.13. The van der Waals surface area contributed by atoms with Gasteiger partial charge in [0.1, 0.15) is 5.82 Å². The molecule has 0 unspecified atom stereocenters. The molecule has 2 N–H and O–H groups in total. The fourth-order valence-corrected chi connectivity index (χ4v) is 2.49. The summed E-state index contributed by atoms with van der Waals surface area (Å²) in [4.78, 5) is 13.9. The van der Waals surface area contributed by atoms with Crippen molar-refractivity contribution in [2.24, 2.45) is 5.73 Å². The first-order chi connectivity index (χ1) is 8.49. The molecule has 1 fully saturated rings. The summed E-state index contributed by atoms with van der Waals surface area (Å²) in [6.07, 6.45) is 1.51. The van der Waals surface area contributed by atoms with Gasteiger partial charge in [0, 0.05) is 23.7 Å². The number of halogens is 2. The standard InChI is InChI=1S/C13H16ClFN2O/c1-8-6-10(16)4-5-17(8)13(18)11-3-2-9(14)7-12(11)15/h2-3,7-8,10H,4-6,16H2,1H3/t8-,10+/m0/s1. The van der Waals surface area contributed by atoms with Crippen molar-refractivity contribution >= 4 is 17.5 Å². The lowest BCUT2D eigenvalue weighted by molar-refractivity contribution is 0.0614. The molecule has 0 aliphatic carbocycles. The molecular weight excluding hydrogens is 255 g/mol. The average molecular weight is 271 g/mol. The average Bonchev–Trinajstić information content (AvgIpc) is 2.28. The Morgan fingerprint density at radius 1 is 1.56 bits per heavy atom. The number of amides is 1. The van der Waals surface area contributed by atoms with E-state index >= 15 is 0 Å². The normalized spacial score (nSPS) is 24.1. The number of carbonyl (C=O) groups excluding carboxylic acids is 1. The zero-order valence-electron chi connectivity index (χ0n) is 10.2. The van der Waals surface area contributed by atoms with Crippen LogP contribution in [0, 0.1) is 5.82 Å². The summed E-state index contributed by atoms with van der Waals surface area (Å²) in [5, 5.41) is 0.290. The van der Waals surface area contributed by atoms with Crippen molar-refractivity contribution in [3.05, 3.63) is 34.6 Å². The summed E-state index contributed by atoms with van der Waals surface area (Å²) in [7, 11) is 0. The van der Waals surface area contributed by atoms with Gasteiger partial charge in [-0.2, -0.15) is 0 Å². The van der Waals surface area contributed by atoms with E-state index in [0.29, 0.717) is 6.54 Å². The maximum Gasteiger partial charge on any atom is 0.257 e. The van der Waals surface area contributed by atoms with Crippen LogP contribution in [0.1, 0.15) is 30.1 Å². The molecule has 0 radical (unpaired) electrons. The highest BCUT2D eigenvalue weighted by Gasteiger charge is 2.28. The minimum atomic E-state index is -0.574. The van der Waals surface area contributed by atoms with Gasteiger partial charge in [0.2, 0.25) is 0 Å². The fraction of sp³-hybridized carbons (Fsp3) is 0.462. The van der Waals surface area contributed by atoms with E-state index in [0.717, 1.165) is 18.9 Å². The highest BCUT2D eigenvalue weighted by Crippen LogP contribution is 2.21. The van der Waals surface area contributed by atoms with Crippen molar-refractivity contribution in [1.82, 2.24) is 4.90 Å². The van der Waals surface area contributed by atoms with Gasteiger partial charge in [0.25, 0.3) is 5.91 Å². The van der Waals surface area contributed by atoms with Crippen LogP contribution in [-0.4, -0.2) is 29.4 Å². The monoisotopic (exact) mass is 270 g/mol. The number of rotatable bonds is 1. The minimum absolute atomic E-state index is 0.0383. The molecule has 2 atom stereocenters. The second-order valence-corrected chi connectivity index (χ2v) is 5.19. The largest absolute Gasteiger partial charge is 0.336 e. The summed E-state index contributed by atoms with van der Waals surface area (Å²) in [5.41, 5.74) is 5.92. The van der Waals surface area contributed by atoms with Crippen LogP contribution < -0.4 is 5.73 Å². The molecule has 1 aliphatic heterocycles. The number of piperidine rings is 1. The van der Waals surface area contributed by atoms with Crippen LogP contribution >= 0.6 is 11.6 Å². The molecule has 1 aromatic rings. The molecule has 18 heavy (non-hydrogen) atoms. The first kappa shape index (κ1) is 13.3. The molecule has 98 valence electrons. The predicted octanol–water partition coefficient (Wildman–Crippen LogP) is 2.43. The summed E-state index contributed by atoms with van der Waals surface area (Å²) in [6, 6.07) is 4.28. The smallest absolute Gasteiger partial charge is 0.257 e. The van der Waals surface area contributed by atoms with E-state index in [2.05, 4.69) is 0 Å². The van der Waals surface area contributed by atoms with Crippen LogP contribution in [0.5, 0.6) is 0 Å². The molecule has 3 nitrogen and oxygen atoms in total. The van der Waals surface area contributed by atoms with Gasteiger partial charge in [-0.25, -0.2) is 4.39 Å². The van der Waals surface area contributed by atoms with E-state index < -0.39 is 5.82 Å². The Labute approximate surface area is 111 Å². The zero-order valence-corrected chi connectivity index (χ0v) is 11.0. The zero-order chi connectivity index (χ0) is 13.3. The third-order valence-electron chi connectivity index (χ3n) is 3.34. The second kappa shape index (κ2) is 5.24. The van der Waals surface area contributed by atoms with E-state index in [9.17, 15) is 9.18 Å². The van der Waals surface area contributed by atoms with E-state index in [1.165, 1.54) is 12.1 Å². The number of likely N-dealkylation sites (tertiary alicyclic amines) is 1. The van der Waals surface area contributed by atoms with Crippen molar-refractivity contribution in [2.75, 3.05) is 6.54 Å². The first-order valence-corrected chi connectivity index (χ1v) is 6.38. The maximum absolute atomic E-state index is 13.7. The summed E-state index contributed by atoms with van der Waals surface area (Å²) in [5.74, 6) is -0.863. The van der Waals surface area contributed by atoms with Crippen LogP contribution in [0.2, 0.25) is 5.02 Å². The van der Waals surface area contributed by atoms with Crippen molar-refractivity contribution in [3.63, 3.8) is 0 Å². The molecule has 1 amide bonds. The van der Waals surface area contributed by atoms with Gasteiger partial charge in [-0.3, -0.25) is 4.79 Å². The topological polar surface area (TPSA) is 46.3 Å². The van der Waals surface area contributed by atoms with E-state index in [1.54, 1.807) is 4.90 Å². The van der Waals surface area contributed by atoms with Gasteiger partial charge >= 0.3 is 0 Å². The van der Waals surface area contributed by atoms with Gasteiger partial charge in [-0.1, -0.05) is 11.6 Å². The fourth-order valence-electron chi connectivity index (χ4n) is 2.33.